The van der Waals surface area contributed by atoms with Gasteiger partial charge in [-0.25, -0.2) is 8.78 Å². The second-order valence-electron chi connectivity index (χ2n) is 3.74. The zero-order chi connectivity index (χ0) is 14.9. The molecular weight excluding hydrogens is 297 g/mol. The number of ether oxygens (including phenoxy) is 1. The minimum absolute atomic E-state index is 0.00106. The highest BCUT2D eigenvalue weighted by Gasteiger charge is 2.19. The smallest absolute Gasteiger partial charge is 0.204 e. The van der Waals surface area contributed by atoms with Crippen molar-refractivity contribution >= 4 is 17.9 Å². The van der Waals surface area contributed by atoms with Gasteiger partial charge in [0.1, 0.15) is 11.5 Å². The Kier molecular flexibility index (Phi) is 3.85. The molecule has 2 rings (SSSR count). The van der Waals surface area contributed by atoms with E-state index in [-0.39, 0.29) is 11.3 Å². The van der Waals surface area contributed by atoms with Crippen molar-refractivity contribution in [2.75, 3.05) is 0 Å². The van der Waals surface area contributed by atoms with Crippen molar-refractivity contribution in [3.05, 3.63) is 52.3 Å². The topological polar surface area (TPSA) is 46.5 Å². The maximum atomic E-state index is 13.5. The van der Waals surface area contributed by atoms with Crippen LogP contribution >= 0.6 is 11.6 Å². The van der Waals surface area contributed by atoms with Crippen LogP contribution in [0, 0.1) is 17.5 Å². The molecule has 7 heteroatoms. The predicted molar refractivity (Wildman–Crippen MR) is 64.9 cm³/mol. The Balaban J connectivity index is 2.40. The van der Waals surface area contributed by atoms with E-state index < -0.39 is 34.0 Å². The van der Waals surface area contributed by atoms with Crippen LogP contribution in [0.2, 0.25) is 5.02 Å². The molecule has 0 bridgehead atoms. The van der Waals surface area contributed by atoms with E-state index in [0.29, 0.717) is 6.29 Å². The maximum Gasteiger partial charge on any atom is 0.204 e. The van der Waals surface area contributed by atoms with Gasteiger partial charge in [0.25, 0.3) is 0 Å². The van der Waals surface area contributed by atoms with Crippen LogP contribution in [0.1, 0.15) is 10.4 Å². The van der Waals surface area contributed by atoms with Crippen LogP contribution in [-0.4, -0.2) is 11.4 Å². The predicted octanol–water partition coefficient (Wildman–Crippen LogP) is 4.07. The Labute approximate surface area is 116 Å². The molecule has 0 saturated heterocycles. The molecule has 0 saturated carbocycles. The molecular formula is C13H6ClF3O3. The maximum absolute atomic E-state index is 13.5. The Morgan fingerprint density at radius 3 is 2.40 bits per heavy atom. The molecule has 0 unspecified atom stereocenters. The number of aromatic hydroxyl groups is 1. The number of rotatable bonds is 3. The Morgan fingerprint density at radius 1 is 1.10 bits per heavy atom. The first-order valence-corrected chi connectivity index (χ1v) is 5.61. The van der Waals surface area contributed by atoms with E-state index in [2.05, 4.69) is 0 Å². The van der Waals surface area contributed by atoms with Gasteiger partial charge in [0, 0.05) is 12.1 Å². The highest BCUT2D eigenvalue weighted by Crippen LogP contribution is 2.33. The molecule has 0 aromatic heterocycles. The second kappa shape index (κ2) is 5.42. The van der Waals surface area contributed by atoms with E-state index >= 15 is 0 Å². The zero-order valence-corrected chi connectivity index (χ0v) is 10.4. The summed E-state index contributed by atoms with van der Waals surface area (Å²) in [5.41, 5.74) is 0.00106. The Morgan fingerprint density at radius 2 is 1.80 bits per heavy atom. The molecule has 20 heavy (non-hydrogen) atoms. The van der Waals surface area contributed by atoms with Crippen LogP contribution in [0.5, 0.6) is 17.2 Å². The first kappa shape index (κ1) is 14.2. The van der Waals surface area contributed by atoms with Crippen molar-refractivity contribution in [3.8, 4) is 17.2 Å². The zero-order valence-electron chi connectivity index (χ0n) is 9.66. The Hall–Kier alpha value is -2.21. The molecule has 0 heterocycles. The summed E-state index contributed by atoms with van der Waals surface area (Å²) in [6.07, 6.45) is 0.411. The van der Waals surface area contributed by atoms with Crippen molar-refractivity contribution < 1.29 is 27.8 Å². The van der Waals surface area contributed by atoms with Gasteiger partial charge in [-0.15, -0.1) is 0 Å². The van der Waals surface area contributed by atoms with Crippen LogP contribution in [0.25, 0.3) is 0 Å². The molecule has 0 fully saturated rings. The third-order valence-corrected chi connectivity index (χ3v) is 2.70. The van der Waals surface area contributed by atoms with Gasteiger partial charge in [0.15, 0.2) is 23.7 Å². The highest BCUT2D eigenvalue weighted by molar-refractivity contribution is 6.30. The number of halogens is 4. The largest absolute Gasteiger partial charge is 0.507 e. The van der Waals surface area contributed by atoms with Gasteiger partial charge >= 0.3 is 0 Å². The molecule has 0 atom stereocenters. The monoisotopic (exact) mass is 302 g/mol. The van der Waals surface area contributed by atoms with Crippen LogP contribution in [0.3, 0.4) is 0 Å². The number of carbonyl (C=O) groups excluding carboxylic acids is 1. The normalized spacial score (nSPS) is 10.4. The minimum Gasteiger partial charge on any atom is -0.507 e. The lowest BCUT2D eigenvalue weighted by atomic mass is 10.2. The fourth-order valence-corrected chi connectivity index (χ4v) is 1.62. The number of aldehydes is 1. The van der Waals surface area contributed by atoms with Crippen LogP contribution in [0.15, 0.2) is 24.3 Å². The van der Waals surface area contributed by atoms with E-state index in [4.69, 9.17) is 16.3 Å². The molecule has 1 N–H and O–H groups in total. The number of hydrogen-bond acceptors (Lipinski definition) is 3. The lowest BCUT2D eigenvalue weighted by molar-refractivity contribution is 0.112. The molecule has 2 aromatic carbocycles. The van der Waals surface area contributed by atoms with E-state index in [1.807, 2.05) is 0 Å². The summed E-state index contributed by atoms with van der Waals surface area (Å²) in [5, 5.41) is 8.78. The number of phenolic OH excluding ortho intramolecular Hbond substituents is 1. The molecule has 0 spiro atoms. The molecule has 0 aliphatic rings. The van der Waals surface area contributed by atoms with Gasteiger partial charge in [-0.3, -0.25) is 4.79 Å². The van der Waals surface area contributed by atoms with Gasteiger partial charge < -0.3 is 9.84 Å². The van der Waals surface area contributed by atoms with Crippen molar-refractivity contribution in [2.45, 2.75) is 0 Å². The van der Waals surface area contributed by atoms with Crippen LogP contribution in [0.4, 0.5) is 13.2 Å². The van der Waals surface area contributed by atoms with Crippen molar-refractivity contribution in [2.24, 2.45) is 0 Å². The summed E-state index contributed by atoms with van der Waals surface area (Å²) in [6, 6.07) is 4.26. The summed E-state index contributed by atoms with van der Waals surface area (Å²) >= 11 is 5.38. The van der Waals surface area contributed by atoms with E-state index in [9.17, 15) is 23.1 Å². The standard InChI is InChI=1S/C13H6ClF3O3/c14-8-4-10(12(16)13(17)11(8)15)20-7-2-1-6(5-18)9(19)3-7/h1-5,19H. The van der Waals surface area contributed by atoms with Crippen LogP contribution in [-0.2, 0) is 0 Å². The summed E-state index contributed by atoms with van der Waals surface area (Å²) in [5.74, 6) is -5.95. The lowest BCUT2D eigenvalue weighted by Crippen LogP contribution is -1.96. The lowest BCUT2D eigenvalue weighted by Gasteiger charge is -2.09. The SMILES string of the molecule is O=Cc1ccc(Oc2cc(Cl)c(F)c(F)c2F)cc1O. The third kappa shape index (κ3) is 2.55. The number of carbonyl (C=O) groups is 1. The summed E-state index contributed by atoms with van der Waals surface area (Å²) in [4.78, 5) is 10.5. The molecule has 3 nitrogen and oxygen atoms in total. The van der Waals surface area contributed by atoms with Gasteiger partial charge in [-0.1, -0.05) is 11.6 Å². The first-order chi connectivity index (χ1) is 9.43. The molecule has 0 amide bonds. The van der Waals surface area contributed by atoms with Crippen molar-refractivity contribution in [1.29, 1.82) is 0 Å². The van der Waals surface area contributed by atoms with Gasteiger partial charge in [0.05, 0.1) is 10.6 Å². The number of hydrogen-bond donors (Lipinski definition) is 1. The molecule has 0 aliphatic heterocycles. The molecule has 0 radical (unpaired) electrons. The summed E-state index contributed by atoms with van der Waals surface area (Å²) in [7, 11) is 0. The van der Waals surface area contributed by atoms with Crippen molar-refractivity contribution in [3.63, 3.8) is 0 Å². The first-order valence-electron chi connectivity index (χ1n) is 5.23. The molecule has 0 aliphatic carbocycles. The summed E-state index contributed by atoms with van der Waals surface area (Å²) in [6.45, 7) is 0. The number of phenols is 1. The van der Waals surface area contributed by atoms with Gasteiger partial charge in [-0.05, 0) is 12.1 Å². The van der Waals surface area contributed by atoms with Crippen LogP contribution < -0.4 is 4.74 Å². The van der Waals surface area contributed by atoms with E-state index in [0.717, 1.165) is 12.1 Å². The third-order valence-electron chi connectivity index (χ3n) is 2.43. The number of benzene rings is 2. The van der Waals surface area contributed by atoms with E-state index in [1.54, 1.807) is 0 Å². The molecule has 2 aromatic rings. The Bertz CT molecular complexity index is 689. The average Bonchev–Trinajstić information content (AvgIpc) is 2.42. The van der Waals surface area contributed by atoms with Gasteiger partial charge in [-0.2, -0.15) is 4.39 Å². The van der Waals surface area contributed by atoms with Crippen molar-refractivity contribution in [1.82, 2.24) is 0 Å². The second-order valence-corrected chi connectivity index (χ2v) is 4.15. The average molecular weight is 303 g/mol. The highest BCUT2D eigenvalue weighted by atomic mass is 35.5. The van der Waals surface area contributed by atoms with E-state index in [1.165, 1.54) is 12.1 Å². The minimum atomic E-state index is -1.76. The fraction of sp³-hybridized carbons (Fsp3) is 0. The van der Waals surface area contributed by atoms with Gasteiger partial charge in [0.2, 0.25) is 5.82 Å². The molecule has 104 valence electrons. The quantitative estimate of drug-likeness (QED) is 0.528. The summed E-state index contributed by atoms with van der Waals surface area (Å²) < 4.78 is 44.6. The fourth-order valence-electron chi connectivity index (χ4n) is 1.44.